The van der Waals surface area contributed by atoms with E-state index in [4.69, 9.17) is 12.2 Å². The van der Waals surface area contributed by atoms with E-state index in [0.29, 0.717) is 5.11 Å². The minimum absolute atomic E-state index is 0.682. The monoisotopic (exact) mass is 340 g/mol. The zero-order valence-corrected chi connectivity index (χ0v) is 15.8. The molecular formula is C21H28N2S. The molecule has 3 heteroatoms. The average Bonchev–Trinajstić information content (AvgIpc) is 2.56. The molecule has 0 saturated carbocycles. The Morgan fingerprint density at radius 2 is 1.75 bits per heavy atom. The van der Waals surface area contributed by atoms with Crippen molar-refractivity contribution < 1.29 is 0 Å². The summed E-state index contributed by atoms with van der Waals surface area (Å²) in [6, 6.07) is 15.2. The fourth-order valence-electron chi connectivity index (χ4n) is 2.75. The van der Waals surface area contributed by atoms with E-state index in [9.17, 15) is 0 Å². The zero-order valence-electron chi connectivity index (χ0n) is 15.0. The average molecular weight is 341 g/mol. The van der Waals surface area contributed by atoms with Crippen LogP contribution in [-0.2, 0) is 12.8 Å². The molecule has 0 bridgehead atoms. The van der Waals surface area contributed by atoms with Gasteiger partial charge in [-0.3, -0.25) is 0 Å². The van der Waals surface area contributed by atoms with Crippen LogP contribution in [0, 0.1) is 13.8 Å². The molecule has 0 spiro atoms. The van der Waals surface area contributed by atoms with Crippen LogP contribution in [0.25, 0.3) is 0 Å². The van der Waals surface area contributed by atoms with E-state index in [1.807, 2.05) is 0 Å². The summed E-state index contributed by atoms with van der Waals surface area (Å²) < 4.78 is 0. The first kappa shape index (κ1) is 18.5. The second-order valence-corrected chi connectivity index (χ2v) is 6.77. The topological polar surface area (TPSA) is 24.1 Å². The highest BCUT2D eigenvalue weighted by molar-refractivity contribution is 7.80. The minimum atomic E-state index is 0.682. The van der Waals surface area contributed by atoms with Crippen molar-refractivity contribution in [2.75, 3.05) is 11.9 Å². The Kier molecular flexibility index (Phi) is 7.26. The Morgan fingerprint density at radius 1 is 1.00 bits per heavy atom. The van der Waals surface area contributed by atoms with Crippen LogP contribution in [0.1, 0.15) is 42.0 Å². The summed E-state index contributed by atoms with van der Waals surface area (Å²) in [6.45, 7) is 7.35. The smallest absolute Gasteiger partial charge is 0.170 e. The molecule has 0 amide bonds. The van der Waals surface area contributed by atoms with E-state index in [0.717, 1.165) is 25.1 Å². The van der Waals surface area contributed by atoms with Crippen LogP contribution in [0.5, 0.6) is 0 Å². The maximum atomic E-state index is 5.39. The van der Waals surface area contributed by atoms with Crippen molar-refractivity contribution >= 4 is 23.0 Å². The van der Waals surface area contributed by atoms with E-state index < -0.39 is 0 Å². The van der Waals surface area contributed by atoms with E-state index in [2.05, 4.69) is 73.9 Å². The third-order valence-electron chi connectivity index (χ3n) is 4.21. The highest BCUT2D eigenvalue weighted by Crippen LogP contribution is 2.12. The second-order valence-electron chi connectivity index (χ2n) is 6.36. The van der Waals surface area contributed by atoms with E-state index in [-0.39, 0.29) is 0 Å². The first-order valence-electron chi connectivity index (χ1n) is 8.78. The fraction of sp³-hybridized carbons (Fsp3) is 0.381. The molecule has 0 aliphatic heterocycles. The molecule has 0 aliphatic carbocycles. The van der Waals surface area contributed by atoms with Crippen molar-refractivity contribution in [1.29, 1.82) is 0 Å². The van der Waals surface area contributed by atoms with Crippen LogP contribution >= 0.6 is 12.2 Å². The number of rotatable bonds is 7. The quantitative estimate of drug-likeness (QED) is 0.680. The van der Waals surface area contributed by atoms with Gasteiger partial charge in [0.1, 0.15) is 0 Å². The van der Waals surface area contributed by atoms with Crippen molar-refractivity contribution in [1.82, 2.24) is 5.32 Å². The molecule has 0 saturated heterocycles. The first-order chi connectivity index (χ1) is 11.6. The number of hydrogen-bond donors (Lipinski definition) is 2. The highest BCUT2D eigenvalue weighted by Gasteiger charge is 2.01. The molecule has 2 N–H and O–H groups in total. The second kappa shape index (κ2) is 9.43. The van der Waals surface area contributed by atoms with Gasteiger partial charge in [0.15, 0.2) is 5.11 Å². The van der Waals surface area contributed by atoms with E-state index >= 15 is 0 Å². The van der Waals surface area contributed by atoms with Gasteiger partial charge in [-0.05, 0) is 74.2 Å². The Balaban J connectivity index is 1.76. The number of benzene rings is 2. The predicted molar refractivity (Wildman–Crippen MR) is 109 cm³/mol. The predicted octanol–water partition coefficient (Wildman–Crippen LogP) is 5.18. The van der Waals surface area contributed by atoms with E-state index in [1.165, 1.54) is 35.1 Å². The third-order valence-corrected chi connectivity index (χ3v) is 4.46. The third kappa shape index (κ3) is 5.97. The molecule has 0 radical (unpaired) electrons. The standard InChI is InChI=1S/C21H28N2S/c1-4-5-6-18-8-11-20(12-9-18)23-21(24)22-14-13-19-10-7-16(2)15-17(19)3/h7-12,15H,4-6,13-14H2,1-3H3,(H2,22,23,24). The molecule has 2 aromatic carbocycles. The van der Waals surface area contributed by atoms with Crippen molar-refractivity contribution in [3.63, 3.8) is 0 Å². The maximum absolute atomic E-state index is 5.39. The van der Waals surface area contributed by atoms with Crippen molar-refractivity contribution in [3.05, 3.63) is 64.7 Å². The molecule has 0 fully saturated rings. The van der Waals surface area contributed by atoms with Gasteiger partial charge in [0.2, 0.25) is 0 Å². The summed E-state index contributed by atoms with van der Waals surface area (Å²) >= 11 is 5.39. The molecule has 0 aromatic heterocycles. The number of hydrogen-bond acceptors (Lipinski definition) is 1. The molecule has 0 heterocycles. The molecule has 128 valence electrons. The number of anilines is 1. The lowest BCUT2D eigenvalue weighted by atomic mass is 10.0. The Bertz CT molecular complexity index is 662. The van der Waals surface area contributed by atoms with Crippen LogP contribution < -0.4 is 10.6 Å². The molecule has 0 aliphatic rings. The molecule has 24 heavy (non-hydrogen) atoms. The van der Waals surface area contributed by atoms with Gasteiger partial charge in [0.05, 0.1) is 0 Å². The van der Waals surface area contributed by atoms with Crippen LogP contribution in [0.2, 0.25) is 0 Å². The van der Waals surface area contributed by atoms with Crippen LogP contribution in [0.3, 0.4) is 0 Å². The minimum Gasteiger partial charge on any atom is -0.362 e. The number of nitrogens with one attached hydrogen (secondary N) is 2. The normalized spacial score (nSPS) is 10.5. The van der Waals surface area contributed by atoms with Crippen molar-refractivity contribution in [3.8, 4) is 0 Å². The Hall–Kier alpha value is -1.87. The summed E-state index contributed by atoms with van der Waals surface area (Å²) in [5, 5.41) is 7.23. The molecule has 0 atom stereocenters. The van der Waals surface area contributed by atoms with Gasteiger partial charge in [-0.15, -0.1) is 0 Å². The summed E-state index contributed by atoms with van der Waals surface area (Å²) in [5.41, 5.74) is 6.45. The van der Waals surface area contributed by atoms with Crippen molar-refractivity contribution in [2.24, 2.45) is 0 Å². The Labute approximate surface area is 151 Å². The lowest BCUT2D eigenvalue weighted by Gasteiger charge is -2.12. The summed E-state index contributed by atoms with van der Waals surface area (Å²) in [5.74, 6) is 0. The SMILES string of the molecule is CCCCc1ccc(NC(=S)NCCc2ccc(C)cc2C)cc1. The van der Waals surface area contributed by atoms with Crippen LogP contribution in [0.15, 0.2) is 42.5 Å². The number of thiocarbonyl (C=S) groups is 1. The van der Waals surface area contributed by atoms with Gasteiger partial charge in [0, 0.05) is 12.2 Å². The maximum Gasteiger partial charge on any atom is 0.170 e. The highest BCUT2D eigenvalue weighted by atomic mass is 32.1. The first-order valence-corrected chi connectivity index (χ1v) is 9.19. The lowest BCUT2D eigenvalue weighted by molar-refractivity contribution is 0.795. The molecular weight excluding hydrogens is 312 g/mol. The zero-order chi connectivity index (χ0) is 17.4. The lowest BCUT2D eigenvalue weighted by Crippen LogP contribution is -2.30. The van der Waals surface area contributed by atoms with Gasteiger partial charge in [0.25, 0.3) is 0 Å². The summed E-state index contributed by atoms with van der Waals surface area (Å²) in [6.07, 6.45) is 4.60. The van der Waals surface area contributed by atoms with Crippen LogP contribution in [-0.4, -0.2) is 11.7 Å². The van der Waals surface area contributed by atoms with Gasteiger partial charge in [-0.25, -0.2) is 0 Å². The molecule has 2 nitrogen and oxygen atoms in total. The summed E-state index contributed by atoms with van der Waals surface area (Å²) in [7, 11) is 0. The number of unbranched alkanes of at least 4 members (excludes halogenated alkanes) is 1. The molecule has 2 aromatic rings. The van der Waals surface area contributed by atoms with Gasteiger partial charge >= 0.3 is 0 Å². The van der Waals surface area contributed by atoms with Gasteiger partial charge < -0.3 is 10.6 Å². The van der Waals surface area contributed by atoms with Gasteiger partial charge in [-0.2, -0.15) is 0 Å². The largest absolute Gasteiger partial charge is 0.362 e. The van der Waals surface area contributed by atoms with E-state index in [1.54, 1.807) is 0 Å². The summed E-state index contributed by atoms with van der Waals surface area (Å²) in [4.78, 5) is 0. The van der Waals surface area contributed by atoms with Crippen molar-refractivity contribution in [2.45, 2.75) is 46.5 Å². The molecule has 2 rings (SSSR count). The molecule has 0 unspecified atom stereocenters. The fourth-order valence-corrected chi connectivity index (χ4v) is 2.97. The Morgan fingerprint density at radius 3 is 2.42 bits per heavy atom. The van der Waals surface area contributed by atoms with Gasteiger partial charge in [-0.1, -0.05) is 49.2 Å². The van der Waals surface area contributed by atoms with Crippen LogP contribution in [0.4, 0.5) is 5.69 Å². The number of aryl methyl sites for hydroxylation is 3.